The van der Waals surface area contributed by atoms with Gasteiger partial charge in [0, 0.05) is 6.20 Å². The van der Waals surface area contributed by atoms with Crippen LogP contribution in [-0.2, 0) is 0 Å². The number of hydrogen-bond donors (Lipinski definition) is 0. The highest BCUT2D eigenvalue weighted by Crippen LogP contribution is 2.20. The average Bonchev–Trinajstić information content (AvgIpc) is 2.30. The number of aromatic nitrogens is 1. The van der Waals surface area contributed by atoms with Gasteiger partial charge < -0.3 is 4.74 Å². The van der Waals surface area contributed by atoms with Crippen LogP contribution < -0.4 is 4.74 Å². The van der Waals surface area contributed by atoms with E-state index in [4.69, 9.17) is 16.3 Å². The fraction of sp³-hybridized carbons (Fsp3) is 0.615. The van der Waals surface area contributed by atoms with Crippen LogP contribution in [0.25, 0.3) is 0 Å². The van der Waals surface area contributed by atoms with Gasteiger partial charge in [-0.15, -0.1) is 0 Å². The first-order chi connectivity index (χ1) is 7.84. The molecule has 0 atom stereocenters. The maximum Gasteiger partial charge on any atom is 0.171 e. The molecule has 0 aliphatic carbocycles. The Labute approximate surface area is 103 Å². The van der Waals surface area contributed by atoms with Crippen LogP contribution >= 0.6 is 11.6 Å². The van der Waals surface area contributed by atoms with Crippen LogP contribution in [0.5, 0.6) is 5.75 Å². The fourth-order valence-electron chi connectivity index (χ4n) is 1.54. The van der Waals surface area contributed by atoms with Gasteiger partial charge >= 0.3 is 0 Å². The molecular formula is C13H20ClNO. The first-order valence-electron chi connectivity index (χ1n) is 6.08. The minimum atomic E-state index is 0.452. The van der Waals surface area contributed by atoms with Crippen molar-refractivity contribution in [3.8, 4) is 5.75 Å². The number of pyridine rings is 1. The smallest absolute Gasteiger partial charge is 0.171 e. The van der Waals surface area contributed by atoms with E-state index in [9.17, 15) is 0 Å². The molecule has 0 saturated carbocycles. The van der Waals surface area contributed by atoms with Crippen molar-refractivity contribution in [2.24, 2.45) is 0 Å². The van der Waals surface area contributed by atoms with Crippen molar-refractivity contribution in [2.75, 3.05) is 6.61 Å². The summed E-state index contributed by atoms with van der Waals surface area (Å²) in [6.45, 7) is 2.96. The highest BCUT2D eigenvalue weighted by Gasteiger charge is 2.00. The summed E-state index contributed by atoms with van der Waals surface area (Å²) in [5.74, 6) is 0.692. The predicted octanol–water partition coefficient (Wildman–Crippen LogP) is 4.47. The molecule has 0 spiro atoms. The van der Waals surface area contributed by atoms with Crippen molar-refractivity contribution in [1.82, 2.24) is 4.98 Å². The second-order valence-electron chi connectivity index (χ2n) is 3.91. The highest BCUT2D eigenvalue weighted by atomic mass is 35.5. The summed E-state index contributed by atoms with van der Waals surface area (Å²) in [5, 5.41) is 0.452. The number of halogens is 1. The Kier molecular flexibility index (Phi) is 6.98. The second kappa shape index (κ2) is 8.40. The topological polar surface area (TPSA) is 22.1 Å². The lowest BCUT2D eigenvalue weighted by molar-refractivity contribution is 0.303. The number of hydrogen-bond acceptors (Lipinski definition) is 2. The zero-order valence-electron chi connectivity index (χ0n) is 9.92. The molecule has 1 aromatic heterocycles. The molecule has 2 nitrogen and oxygen atoms in total. The van der Waals surface area contributed by atoms with E-state index in [1.807, 2.05) is 12.1 Å². The molecule has 0 aromatic carbocycles. The van der Waals surface area contributed by atoms with Gasteiger partial charge in [-0.25, -0.2) is 4.98 Å². The van der Waals surface area contributed by atoms with Crippen LogP contribution in [0.4, 0.5) is 0 Å². The number of nitrogens with zero attached hydrogens (tertiary/aromatic N) is 1. The summed E-state index contributed by atoms with van der Waals surface area (Å²) in [6.07, 6.45) is 9.27. The van der Waals surface area contributed by atoms with Gasteiger partial charge in [0.1, 0.15) is 0 Å². The number of ether oxygens (including phenoxy) is 1. The molecule has 0 fully saturated rings. The lowest BCUT2D eigenvalue weighted by atomic mass is 10.1. The normalized spacial score (nSPS) is 10.4. The molecule has 16 heavy (non-hydrogen) atoms. The van der Waals surface area contributed by atoms with E-state index in [-0.39, 0.29) is 0 Å². The van der Waals surface area contributed by atoms with Crippen LogP contribution in [0, 0.1) is 0 Å². The lowest BCUT2D eigenvalue weighted by Gasteiger charge is -2.06. The van der Waals surface area contributed by atoms with E-state index in [1.54, 1.807) is 6.20 Å². The summed E-state index contributed by atoms with van der Waals surface area (Å²) in [6, 6.07) is 3.69. The third-order valence-corrected chi connectivity index (χ3v) is 2.76. The van der Waals surface area contributed by atoms with Crippen LogP contribution in [0.1, 0.15) is 45.4 Å². The summed E-state index contributed by atoms with van der Waals surface area (Å²) >= 11 is 5.87. The molecule has 0 bridgehead atoms. The summed E-state index contributed by atoms with van der Waals surface area (Å²) < 4.78 is 5.55. The SMILES string of the molecule is CCCCCCCCOc1cccnc1Cl. The zero-order valence-corrected chi connectivity index (χ0v) is 10.7. The van der Waals surface area contributed by atoms with E-state index in [2.05, 4.69) is 11.9 Å². The molecule has 1 rings (SSSR count). The Hall–Kier alpha value is -0.760. The van der Waals surface area contributed by atoms with Crippen molar-refractivity contribution in [2.45, 2.75) is 45.4 Å². The van der Waals surface area contributed by atoms with Crippen molar-refractivity contribution in [3.05, 3.63) is 23.5 Å². The molecule has 0 aliphatic heterocycles. The Morgan fingerprint density at radius 3 is 2.69 bits per heavy atom. The fourth-order valence-corrected chi connectivity index (χ4v) is 1.72. The number of rotatable bonds is 8. The zero-order chi connectivity index (χ0) is 11.6. The minimum Gasteiger partial charge on any atom is -0.490 e. The quantitative estimate of drug-likeness (QED) is 0.495. The van der Waals surface area contributed by atoms with Gasteiger partial charge in [-0.1, -0.05) is 50.6 Å². The summed E-state index contributed by atoms with van der Waals surface area (Å²) in [4.78, 5) is 3.96. The molecular weight excluding hydrogens is 222 g/mol. The molecule has 0 amide bonds. The van der Waals surface area contributed by atoms with Crippen LogP contribution in [0.2, 0.25) is 5.15 Å². The van der Waals surface area contributed by atoms with Crippen LogP contribution in [0.15, 0.2) is 18.3 Å². The first-order valence-corrected chi connectivity index (χ1v) is 6.45. The van der Waals surface area contributed by atoms with E-state index >= 15 is 0 Å². The monoisotopic (exact) mass is 241 g/mol. The molecule has 3 heteroatoms. The standard InChI is InChI=1S/C13H20ClNO/c1-2-3-4-5-6-7-11-16-12-9-8-10-15-13(12)14/h8-10H,2-7,11H2,1H3. The molecule has 0 N–H and O–H groups in total. The van der Waals surface area contributed by atoms with Crippen molar-refractivity contribution >= 4 is 11.6 Å². The molecule has 1 heterocycles. The van der Waals surface area contributed by atoms with Gasteiger partial charge in [0.15, 0.2) is 10.9 Å². The average molecular weight is 242 g/mol. The largest absolute Gasteiger partial charge is 0.490 e. The van der Waals surface area contributed by atoms with E-state index in [0.717, 1.165) is 13.0 Å². The Morgan fingerprint density at radius 1 is 1.19 bits per heavy atom. The van der Waals surface area contributed by atoms with Gasteiger partial charge in [-0.3, -0.25) is 0 Å². The van der Waals surface area contributed by atoms with E-state index in [1.165, 1.54) is 32.1 Å². The summed E-state index contributed by atoms with van der Waals surface area (Å²) in [5.41, 5.74) is 0. The maximum absolute atomic E-state index is 5.87. The summed E-state index contributed by atoms with van der Waals surface area (Å²) in [7, 11) is 0. The second-order valence-corrected chi connectivity index (χ2v) is 4.27. The highest BCUT2D eigenvalue weighted by molar-refractivity contribution is 6.30. The molecule has 90 valence electrons. The first kappa shape index (κ1) is 13.3. The van der Waals surface area contributed by atoms with Crippen molar-refractivity contribution in [1.29, 1.82) is 0 Å². The maximum atomic E-state index is 5.87. The Balaban J connectivity index is 2.05. The van der Waals surface area contributed by atoms with Crippen molar-refractivity contribution < 1.29 is 4.74 Å². The van der Waals surface area contributed by atoms with Gasteiger partial charge in [-0.2, -0.15) is 0 Å². The lowest BCUT2D eigenvalue weighted by Crippen LogP contribution is -1.98. The molecule has 0 aliphatic rings. The molecule has 1 aromatic rings. The molecule has 0 saturated heterocycles. The van der Waals surface area contributed by atoms with Crippen molar-refractivity contribution in [3.63, 3.8) is 0 Å². The third-order valence-electron chi connectivity index (χ3n) is 2.48. The van der Waals surface area contributed by atoms with Gasteiger partial charge in [0.25, 0.3) is 0 Å². The van der Waals surface area contributed by atoms with E-state index in [0.29, 0.717) is 10.9 Å². The third kappa shape index (κ3) is 5.36. The van der Waals surface area contributed by atoms with Crippen LogP contribution in [0.3, 0.4) is 0 Å². The molecule has 0 unspecified atom stereocenters. The van der Waals surface area contributed by atoms with Crippen LogP contribution in [-0.4, -0.2) is 11.6 Å². The van der Waals surface area contributed by atoms with Gasteiger partial charge in [0.05, 0.1) is 6.61 Å². The van der Waals surface area contributed by atoms with Gasteiger partial charge in [-0.05, 0) is 18.6 Å². The Bertz CT molecular complexity index is 291. The number of unbranched alkanes of at least 4 members (excludes halogenated alkanes) is 5. The van der Waals surface area contributed by atoms with Gasteiger partial charge in [0.2, 0.25) is 0 Å². The Morgan fingerprint density at radius 2 is 1.94 bits per heavy atom. The molecule has 0 radical (unpaired) electrons. The van der Waals surface area contributed by atoms with E-state index < -0.39 is 0 Å². The predicted molar refractivity (Wildman–Crippen MR) is 68.1 cm³/mol. The minimum absolute atomic E-state index is 0.452.